The number of benzene rings is 4. The Morgan fingerprint density at radius 2 is 0.816 bits per heavy atom. The summed E-state index contributed by atoms with van der Waals surface area (Å²) in [5.74, 6) is 3.02. The van der Waals surface area contributed by atoms with Crippen molar-refractivity contribution in [1.82, 2.24) is 9.97 Å². The molecule has 0 atom stereocenters. The number of pyridine rings is 2. The van der Waals surface area contributed by atoms with E-state index >= 15 is 0 Å². The predicted molar refractivity (Wildman–Crippen MR) is 159 cm³/mol. The van der Waals surface area contributed by atoms with Crippen LogP contribution in [0.15, 0.2) is 72.8 Å². The van der Waals surface area contributed by atoms with Crippen molar-refractivity contribution in [3.8, 4) is 23.0 Å². The summed E-state index contributed by atoms with van der Waals surface area (Å²) in [6.07, 6.45) is 0. The monoisotopic (exact) mass is 542 g/mol. The molecule has 0 saturated heterocycles. The molecule has 6 rings (SSSR count). The van der Waals surface area contributed by atoms with Crippen molar-refractivity contribution in [2.24, 2.45) is 0 Å². The summed E-state index contributed by atoms with van der Waals surface area (Å²) in [7, 11) is 6.58. The molecule has 6 nitrogen and oxygen atoms in total. The molecule has 0 radical (unpaired) electrons. The van der Waals surface area contributed by atoms with E-state index in [1.807, 2.05) is 72.8 Å². The summed E-state index contributed by atoms with van der Waals surface area (Å²) in [5.41, 5.74) is 3.72. The molecule has 2 heterocycles. The molecule has 0 spiro atoms. The largest absolute Gasteiger partial charge is 0.496 e. The lowest BCUT2D eigenvalue weighted by molar-refractivity contribution is 0.410. The van der Waals surface area contributed by atoms with E-state index in [4.69, 9.17) is 43.4 Å². The third-order valence-corrected chi connectivity index (χ3v) is 7.30. The Hall–Kier alpha value is -4.14. The van der Waals surface area contributed by atoms with E-state index in [9.17, 15) is 0 Å². The van der Waals surface area contributed by atoms with Crippen LogP contribution in [0.25, 0.3) is 43.6 Å². The maximum Gasteiger partial charge on any atom is 0.143 e. The van der Waals surface area contributed by atoms with Gasteiger partial charge in [0.2, 0.25) is 0 Å². The predicted octanol–water partition coefficient (Wildman–Crippen LogP) is 8.14. The average Bonchev–Trinajstić information content (AvgIpc) is 2.96. The smallest absolute Gasteiger partial charge is 0.143 e. The zero-order valence-corrected chi connectivity index (χ0v) is 23.0. The SMILES string of the molecule is COc1ccc(OC)c2c(=S)c3ccccc3[nH]c12.COc1ccc(OC)c2c(=S)c3ccccc3[nH]c12. The minimum absolute atomic E-state index is 0.753. The molecule has 0 bridgehead atoms. The maximum atomic E-state index is 5.60. The fraction of sp³-hybridized carbons (Fsp3) is 0.133. The van der Waals surface area contributed by atoms with Gasteiger partial charge in [0, 0.05) is 21.8 Å². The maximum absolute atomic E-state index is 5.60. The summed E-state index contributed by atoms with van der Waals surface area (Å²) in [6, 6.07) is 23.4. The highest BCUT2D eigenvalue weighted by molar-refractivity contribution is 7.72. The highest BCUT2D eigenvalue weighted by Crippen LogP contribution is 2.36. The van der Waals surface area contributed by atoms with Crippen LogP contribution in [-0.2, 0) is 0 Å². The number of hydrogen-bond acceptors (Lipinski definition) is 6. The number of hydrogen-bond donors (Lipinski definition) is 2. The van der Waals surface area contributed by atoms with Crippen LogP contribution in [-0.4, -0.2) is 38.4 Å². The lowest BCUT2D eigenvalue weighted by Crippen LogP contribution is -1.93. The number of nitrogens with one attached hydrogen (secondary N) is 2. The van der Waals surface area contributed by atoms with Crippen LogP contribution in [0, 0.1) is 9.02 Å². The van der Waals surface area contributed by atoms with Crippen molar-refractivity contribution in [3.05, 3.63) is 81.8 Å². The summed E-state index contributed by atoms with van der Waals surface area (Å²) < 4.78 is 23.2. The lowest BCUT2D eigenvalue weighted by atomic mass is 10.1. The first-order chi connectivity index (χ1) is 18.5. The fourth-order valence-electron chi connectivity index (χ4n) is 4.63. The molecule has 192 valence electrons. The molecule has 0 aliphatic heterocycles. The minimum atomic E-state index is 0.753. The summed E-state index contributed by atoms with van der Waals surface area (Å²) >= 11 is 11.2. The van der Waals surface area contributed by atoms with Gasteiger partial charge in [0.05, 0.1) is 59.3 Å². The molecule has 0 amide bonds. The van der Waals surface area contributed by atoms with Crippen LogP contribution < -0.4 is 18.9 Å². The van der Waals surface area contributed by atoms with Crippen LogP contribution >= 0.6 is 24.4 Å². The van der Waals surface area contributed by atoms with E-state index in [0.29, 0.717) is 0 Å². The number of aromatic nitrogens is 2. The number of ether oxygens (including phenoxy) is 4. The zero-order valence-electron chi connectivity index (χ0n) is 21.4. The van der Waals surface area contributed by atoms with Crippen LogP contribution in [0.3, 0.4) is 0 Å². The van der Waals surface area contributed by atoms with Crippen molar-refractivity contribution in [3.63, 3.8) is 0 Å². The Kier molecular flexibility index (Phi) is 7.18. The second kappa shape index (κ2) is 10.7. The van der Waals surface area contributed by atoms with Crippen molar-refractivity contribution in [2.75, 3.05) is 28.4 Å². The molecule has 8 heteroatoms. The fourth-order valence-corrected chi connectivity index (χ4v) is 5.39. The van der Waals surface area contributed by atoms with Crippen molar-refractivity contribution < 1.29 is 18.9 Å². The lowest BCUT2D eigenvalue weighted by Gasteiger charge is -2.11. The van der Waals surface area contributed by atoms with E-state index in [-0.39, 0.29) is 0 Å². The highest BCUT2D eigenvalue weighted by atomic mass is 32.1. The average molecular weight is 543 g/mol. The van der Waals surface area contributed by atoms with Crippen molar-refractivity contribution in [1.29, 1.82) is 0 Å². The molecule has 38 heavy (non-hydrogen) atoms. The molecule has 4 aromatic carbocycles. The first-order valence-electron chi connectivity index (χ1n) is 11.8. The van der Waals surface area contributed by atoms with Crippen molar-refractivity contribution >= 4 is 68.0 Å². The third-order valence-electron chi connectivity index (χ3n) is 6.45. The molecular formula is C30H26N2O4S2. The van der Waals surface area contributed by atoms with Gasteiger partial charge in [-0.15, -0.1) is 0 Å². The summed E-state index contributed by atoms with van der Waals surface area (Å²) in [4.78, 5) is 6.75. The Balaban J connectivity index is 0.000000155. The van der Waals surface area contributed by atoms with Gasteiger partial charge in [-0.1, -0.05) is 60.8 Å². The highest BCUT2D eigenvalue weighted by Gasteiger charge is 2.13. The van der Waals surface area contributed by atoms with E-state index < -0.39 is 0 Å². The Morgan fingerprint density at radius 3 is 1.18 bits per heavy atom. The normalized spacial score (nSPS) is 10.8. The van der Waals surface area contributed by atoms with E-state index in [1.165, 1.54) is 0 Å². The Labute approximate surface area is 229 Å². The molecule has 0 aliphatic carbocycles. The molecule has 0 fully saturated rings. The summed E-state index contributed by atoms with van der Waals surface area (Å²) in [6.45, 7) is 0. The van der Waals surface area contributed by atoms with Gasteiger partial charge in [0.1, 0.15) is 23.0 Å². The van der Waals surface area contributed by atoms with Gasteiger partial charge in [-0.3, -0.25) is 0 Å². The van der Waals surface area contributed by atoms with Gasteiger partial charge in [0.25, 0.3) is 0 Å². The second-order valence-electron chi connectivity index (χ2n) is 8.44. The molecular weight excluding hydrogens is 516 g/mol. The summed E-state index contributed by atoms with van der Waals surface area (Å²) in [5, 5.41) is 3.79. The van der Waals surface area contributed by atoms with Gasteiger partial charge in [-0.2, -0.15) is 0 Å². The standard InChI is InChI=1S/2C15H13NO2S/c2*1-17-11-7-8-12(18-2)14-13(11)15(19)9-5-3-4-6-10(9)16-14/h2*3-8H,1-2H3,(H,16,19). The first kappa shape index (κ1) is 25.5. The number of rotatable bonds is 4. The Morgan fingerprint density at radius 1 is 0.474 bits per heavy atom. The second-order valence-corrected chi connectivity index (χ2v) is 9.26. The van der Waals surface area contributed by atoms with E-state index in [1.54, 1.807) is 28.4 Å². The van der Waals surface area contributed by atoms with Gasteiger partial charge in [0.15, 0.2) is 0 Å². The number of fused-ring (bicyclic) bond motifs is 4. The van der Waals surface area contributed by atoms with Gasteiger partial charge in [-0.25, -0.2) is 0 Å². The third kappa shape index (κ3) is 4.31. The molecule has 6 aromatic rings. The Bertz CT molecular complexity index is 1790. The van der Waals surface area contributed by atoms with Gasteiger partial charge >= 0.3 is 0 Å². The molecule has 2 N–H and O–H groups in total. The topological polar surface area (TPSA) is 68.5 Å². The molecule has 2 aromatic heterocycles. The minimum Gasteiger partial charge on any atom is -0.496 e. The first-order valence-corrected chi connectivity index (χ1v) is 12.7. The van der Waals surface area contributed by atoms with Crippen LogP contribution in [0.2, 0.25) is 0 Å². The van der Waals surface area contributed by atoms with Crippen LogP contribution in [0.1, 0.15) is 0 Å². The number of para-hydroxylation sites is 2. The van der Waals surface area contributed by atoms with Crippen LogP contribution in [0.4, 0.5) is 0 Å². The number of methoxy groups -OCH3 is 4. The number of H-pyrrole nitrogens is 2. The molecule has 0 saturated carbocycles. The van der Waals surface area contributed by atoms with Gasteiger partial charge in [-0.05, 0) is 36.4 Å². The number of aromatic amines is 2. The van der Waals surface area contributed by atoms with Crippen LogP contribution in [0.5, 0.6) is 23.0 Å². The molecule has 0 aliphatic rings. The van der Waals surface area contributed by atoms with E-state index in [2.05, 4.69) is 9.97 Å². The quantitative estimate of drug-likeness (QED) is 0.173. The zero-order chi connectivity index (χ0) is 26.8. The van der Waals surface area contributed by atoms with Gasteiger partial charge < -0.3 is 28.9 Å². The molecule has 0 unspecified atom stereocenters. The van der Waals surface area contributed by atoms with E-state index in [0.717, 1.165) is 75.6 Å². The van der Waals surface area contributed by atoms with Crippen molar-refractivity contribution in [2.45, 2.75) is 0 Å².